The molecule has 2 heterocycles. The Morgan fingerprint density at radius 1 is 1.50 bits per heavy atom. The smallest absolute Gasteiger partial charge is 0.271 e. The topological polar surface area (TPSA) is 47.8 Å². The van der Waals surface area contributed by atoms with Crippen LogP contribution in [-0.4, -0.2) is 20.0 Å². The molecule has 2 aromatic rings. The van der Waals surface area contributed by atoms with Crippen molar-refractivity contribution >= 4 is 28.4 Å². The van der Waals surface area contributed by atoms with E-state index >= 15 is 0 Å². The molecule has 6 heteroatoms. The molecule has 0 aliphatic heterocycles. The first-order valence-corrected chi connectivity index (χ1v) is 5.22. The van der Waals surface area contributed by atoms with Crippen LogP contribution >= 0.6 is 23.2 Å². The molecular formula is C10H7Cl2N3O. The van der Waals surface area contributed by atoms with Crippen molar-refractivity contribution in [3.8, 4) is 5.82 Å². The van der Waals surface area contributed by atoms with E-state index in [0.29, 0.717) is 5.82 Å². The number of pyridine rings is 1. The van der Waals surface area contributed by atoms with Crippen molar-refractivity contribution in [2.24, 2.45) is 0 Å². The first-order chi connectivity index (χ1) is 7.59. The lowest BCUT2D eigenvalue weighted by Gasteiger charge is -2.05. The Morgan fingerprint density at radius 3 is 2.88 bits per heavy atom. The highest BCUT2D eigenvalue weighted by atomic mass is 35.5. The molecule has 0 unspecified atom stereocenters. The molecule has 0 aliphatic carbocycles. The molecular weight excluding hydrogens is 249 g/mol. The summed E-state index contributed by atoms with van der Waals surface area (Å²) < 4.78 is 1.34. The molecule has 82 valence electrons. The summed E-state index contributed by atoms with van der Waals surface area (Å²) in [7, 11) is 0. The summed E-state index contributed by atoms with van der Waals surface area (Å²) >= 11 is 11.2. The van der Waals surface area contributed by atoms with Gasteiger partial charge in [-0.05, 0) is 30.2 Å². The molecule has 0 fully saturated rings. The molecule has 16 heavy (non-hydrogen) atoms. The fourth-order valence-corrected chi connectivity index (χ4v) is 1.67. The van der Waals surface area contributed by atoms with Gasteiger partial charge in [0.25, 0.3) is 5.24 Å². The summed E-state index contributed by atoms with van der Waals surface area (Å²) in [4.78, 5) is 15.3. The van der Waals surface area contributed by atoms with E-state index in [9.17, 15) is 4.79 Å². The lowest BCUT2D eigenvalue weighted by atomic mass is 10.3. The quantitative estimate of drug-likeness (QED) is 0.776. The SMILES string of the molecule is Cc1cccnc1-n1nc(Cl)cc1C(=O)Cl. The van der Waals surface area contributed by atoms with Crippen LogP contribution in [0.5, 0.6) is 0 Å². The Balaban J connectivity index is 2.64. The summed E-state index contributed by atoms with van der Waals surface area (Å²) in [6, 6.07) is 5.07. The minimum Gasteiger partial charge on any atom is -0.274 e. The maximum atomic E-state index is 11.2. The average molecular weight is 256 g/mol. The molecule has 0 aliphatic rings. The predicted molar refractivity (Wildman–Crippen MR) is 61.3 cm³/mol. The minimum atomic E-state index is -0.621. The molecule has 0 saturated heterocycles. The van der Waals surface area contributed by atoms with Gasteiger partial charge in [0.15, 0.2) is 11.0 Å². The number of hydrogen-bond donors (Lipinski definition) is 0. The average Bonchev–Trinajstić information content (AvgIpc) is 2.61. The van der Waals surface area contributed by atoms with Gasteiger partial charge in [0, 0.05) is 12.3 Å². The fourth-order valence-electron chi connectivity index (χ4n) is 1.35. The first-order valence-electron chi connectivity index (χ1n) is 4.47. The van der Waals surface area contributed by atoms with Gasteiger partial charge in [0.1, 0.15) is 5.69 Å². The van der Waals surface area contributed by atoms with Crippen LogP contribution < -0.4 is 0 Å². The van der Waals surface area contributed by atoms with Gasteiger partial charge in [0.05, 0.1) is 0 Å². The van der Waals surface area contributed by atoms with E-state index in [1.807, 2.05) is 13.0 Å². The minimum absolute atomic E-state index is 0.202. The summed E-state index contributed by atoms with van der Waals surface area (Å²) in [5, 5.41) is 3.56. The highest BCUT2D eigenvalue weighted by molar-refractivity contribution is 6.67. The molecule has 4 nitrogen and oxygen atoms in total. The molecule has 0 atom stereocenters. The maximum Gasteiger partial charge on any atom is 0.271 e. The second kappa shape index (κ2) is 4.23. The molecule has 0 radical (unpaired) electrons. The lowest BCUT2D eigenvalue weighted by molar-refractivity contribution is 0.107. The first kappa shape index (κ1) is 11.1. The van der Waals surface area contributed by atoms with Gasteiger partial charge in [0.2, 0.25) is 0 Å². The molecule has 0 amide bonds. The second-order valence-electron chi connectivity index (χ2n) is 3.18. The van der Waals surface area contributed by atoms with Gasteiger partial charge in [-0.25, -0.2) is 9.67 Å². The van der Waals surface area contributed by atoms with E-state index < -0.39 is 5.24 Å². The maximum absolute atomic E-state index is 11.2. The van der Waals surface area contributed by atoms with E-state index in [1.54, 1.807) is 12.3 Å². The molecule has 0 saturated carbocycles. The van der Waals surface area contributed by atoms with Crippen molar-refractivity contribution in [2.45, 2.75) is 6.92 Å². The number of hydrogen-bond acceptors (Lipinski definition) is 3. The molecule has 0 aromatic carbocycles. The monoisotopic (exact) mass is 255 g/mol. The number of carbonyl (C=O) groups excluding carboxylic acids is 1. The summed E-state index contributed by atoms with van der Waals surface area (Å²) in [5.41, 5.74) is 1.08. The van der Waals surface area contributed by atoms with Gasteiger partial charge in [-0.15, -0.1) is 0 Å². The van der Waals surface area contributed by atoms with Crippen LogP contribution in [0.4, 0.5) is 0 Å². The third-order valence-corrected chi connectivity index (χ3v) is 2.44. The number of halogens is 2. The molecule has 2 rings (SSSR count). The van der Waals surface area contributed by atoms with Crippen LogP contribution in [0.2, 0.25) is 5.15 Å². The van der Waals surface area contributed by atoms with E-state index in [0.717, 1.165) is 5.56 Å². The normalized spacial score (nSPS) is 10.4. The molecule has 0 N–H and O–H groups in total. The summed E-state index contributed by atoms with van der Waals surface area (Å²) in [6.45, 7) is 1.86. The van der Waals surface area contributed by atoms with E-state index in [1.165, 1.54) is 10.7 Å². The third-order valence-electron chi connectivity index (χ3n) is 2.06. The van der Waals surface area contributed by atoms with Crippen molar-refractivity contribution in [1.29, 1.82) is 0 Å². The van der Waals surface area contributed by atoms with Crippen molar-refractivity contribution in [1.82, 2.24) is 14.8 Å². The Morgan fingerprint density at radius 2 is 2.25 bits per heavy atom. The Hall–Kier alpha value is -1.39. The largest absolute Gasteiger partial charge is 0.274 e. The van der Waals surface area contributed by atoms with Crippen LogP contribution in [0.3, 0.4) is 0 Å². The van der Waals surface area contributed by atoms with Crippen molar-refractivity contribution < 1.29 is 4.79 Å². The van der Waals surface area contributed by atoms with Crippen LogP contribution in [0.1, 0.15) is 16.1 Å². The van der Waals surface area contributed by atoms with Gasteiger partial charge in [-0.2, -0.15) is 5.10 Å². The second-order valence-corrected chi connectivity index (χ2v) is 3.91. The van der Waals surface area contributed by atoms with E-state index in [-0.39, 0.29) is 10.8 Å². The van der Waals surface area contributed by atoms with Gasteiger partial charge >= 0.3 is 0 Å². The van der Waals surface area contributed by atoms with Gasteiger partial charge in [-0.3, -0.25) is 4.79 Å². The molecule has 2 aromatic heterocycles. The van der Waals surface area contributed by atoms with E-state index in [2.05, 4.69) is 10.1 Å². The Bertz CT molecular complexity index is 551. The number of aryl methyl sites for hydroxylation is 1. The van der Waals surface area contributed by atoms with E-state index in [4.69, 9.17) is 23.2 Å². The fraction of sp³-hybridized carbons (Fsp3) is 0.100. The van der Waals surface area contributed by atoms with Crippen molar-refractivity contribution in [3.05, 3.63) is 40.8 Å². The Labute approximate surface area is 102 Å². The molecule has 0 bridgehead atoms. The third kappa shape index (κ3) is 1.94. The predicted octanol–water partition coefficient (Wildman–Crippen LogP) is 2.61. The van der Waals surface area contributed by atoms with Crippen LogP contribution in [-0.2, 0) is 0 Å². The highest BCUT2D eigenvalue weighted by Gasteiger charge is 2.15. The van der Waals surface area contributed by atoms with Gasteiger partial charge < -0.3 is 0 Å². The number of aromatic nitrogens is 3. The number of carbonyl (C=O) groups is 1. The number of rotatable bonds is 2. The molecule has 0 spiro atoms. The highest BCUT2D eigenvalue weighted by Crippen LogP contribution is 2.18. The van der Waals surface area contributed by atoms with Crippen LogP contribution in [0.25, 0.3) is 5.82 Å². The number of nitrogens with zero attached hydrogens (tertiary/aromatic N) is 3. The van der Waals surface area contributed by atoms with Crippen LogP contribution in [0, 0.1) is 6.92 Å². The zero-order valence-electron chi connectivity index (χ0n) is 8.32. The zero-order chi connectivity index (χ0) is 11.7. The standard InChI is InChI=1S/C10H7Cl2N3O/c1-6-3-2-4-13-10(6)15-7(9(12)16)5-8(11)14-15/h2-5H,1H3. The summed E-state index contributed by atoms with van der Waals surface area (Å²) in [5.74, 6) is 0.540. The zero-order valence-corrected chi connectivity index (χ0v) is 9.83. The summed E-state index contributed by atoms with van der Waals surface area (Å²) in [6.07, 6.45) is 1.61. The van der Waals surface area contributed by atoms with Crippen molar-refractivity contribution in [2.75, 3.05) is 0 Å². The van der Waals surface area contributed by atoms with Crippen molar-refractivity contribution in [3.63, 3.8) is 0 Å². The Kier molecular flexibility index (Phi) is 2.94. The van der Waals surface area contributed by atoms with Gasteiger partial charge in [-0.1, -0.05) is 17.7 Å². The lowest BCUT2D eigenvalue weighted by Crippen LogP contribution is -2.07. The van der Waals surface area contributed by atoms with Crippen LogP contribution in [0.15, 0.2) is 24.4 Å².